The molecule has 0 aromatic heterocycles. The first-order valence-corrected chi connectivity index (χ1v) is 10.4. The number of hydrogen-bond acceptors (Lipinski definition) is 4. The lowest BCUT2D eigenvalue weighted by Crippen LogP contribution is -2.42. The molecule has 7 heteroatoms. The number of halogens is 1. The van der Waals surface area contributed by atoms with Crippen molar-refractivity contribution in [2.45, 2.75) is 33.1 Å². The van der Waals surface area contributed by atoms with Gasteiger partial charge in [0.2, 0.25) is 11.8 Å². The molecule has 1 N–H and O–H groups in total. The molecule has 1 heterocycles. The summed E-state index contributed by atoms with van der Waals surface area (Å²) >= 11 is 6.15. The summed E-state index contributed by atoms with van der Waals surface area (Å²) < 4.78 is 5.14. The summed E-state index contributed by atoms with van der Waals surface area (Å²) in [7, 11) is 1.53. The molecule has 0 saturated heterocycles. The van der Waals surface area contributed by atoms with Gasteiger partial charge in [0, 0.05) is 11.4 Å². The average Bonchev–Trinajstić information content (AvgIpc) is 3.13. The normalized spacial score (nSPS) is 17.7. The van der Waals surface area contributed by atoms with Gasteiger partial charge in [0.05, 0.1) is 29.4 Å². The second kappa shape index (κ2) is 8.11. The van der Waals surface area contributed by atoms with Gasteiger partial charge in [-0.3, -0.25) is 14.6 Å². The van der Waals surface area contributed by atoms with Crippen molar-refractivity contribution in [3.63, 3.8) is 0 Å². The maximum Gasteiger partial charge on any atom is 0.244 e. The molecule has 4 rings (SSSR count). The Morgan fingerprint density at radius 3 is 2.77 bits per heavy atom. The van der Waals surface area contributed by atoms with E-state index in [1.54, 1.807) is 23.1 Å². The average molecular weight is 426 g/mol. The highest BCUT2D eigenvalue weighted by Crippen LogP contribution is 2.39. The summed E-state index contributed by atoms with van der Waals surface area (Å²) in [5, 5.41) is 3.23. The second-order valence-electron chi connectivity index (χ2n) is 7.80. The Morgan fingerprint density at radius 1 is 1.27 bits per heavy atom. The van der Waals surface area contributed by atoms with Crippen LogP contribution in [0.1, 0.15) is 30.4 Å². The van der Waals surface area contributed by atoms with E-state index in [0.29, 0.717) is 22.1 Å². The number of aliphatic imine (C=N–C) groups is 1. The van der Waals surface area contributed by atoms with Crippen molar-refractivity contribution in [3.05, 3.63) is 46.5 Å². The summed E-state index contributed by atoms with van der Waals surface area (Å²) in [6.07, 6.45) is 2.54. The summed E-state index contributed by atoms with van der Waals surface area (Å²) in [6, 6.07) is 8.98. The fourth-order valence-corrected chi connectivity index (χ4v) is 4.29. The van der Waals surface area contributed by atoms with Gasteiger partial charge >= 0.3 is 0 Å². The number of amides is 2. The Morgan fingerprint density at radius 2 is 2.03 bits per heavy atom. The van der Waals surface area contributed by atoms with E-state index >= 15 is 0 Å². The Kier molecular flexibility index (Phi) is 5.52. The number of methoxy groups -OCH3 is 1. The molecular formula is C23H24ClN3O3. The monoisotopic (exact) mass is 425 g/mol. The Hall–Kier alpha value is -2.86. The zero-order valence-corrected chi connectivity index (χ0v) is 18.0. The van der Waals surface area contributed by atoms with Gasteiger partial charge in [-0.25, -0.2) is 0 Å². The van der Waals surface area contributed by atoms with E-state index in [1.807, 2.05) is 26.0 Å². The zero-order chi connectivity index (χ0) is 21.4. The van der Waals surface area contributed by atoms with Crippen LogP contribution in [0.5, 0.6) is 5.75 Å². The van der Waals surface area contributed by atoms with Crippen LogP contribution in [0, 0.1) is 19.8 Å². The Labute approximate surface area is 180 Å². The maximum atomic E-state index is 13.3. The number of fused-ring (bicyclic) bond motifs is 2. The molecule has 1 fully saturated rings. The second-order valence-corrected chi connectivity index (χ2v) is 8.20. The van der Waals surface area contributed by atoms with Gasteiger partial charge in [-0.05, 0) is 74.6 Å². The number of anilines is 2. The van der Waals surface area contributed by atoms with Gasteiger partial charge in [-0.1, -0.05) is 11.6 Å². The molecule has 6 nitrogen and oxygen atoms in total. The van der Waals surface area contributed by atoms with Crippen molar-refractivity contribution < 1.29 is 14.3 Å². The summed E-state index contributed by atoms with van der Waals surface area (Å²) in [4.78, 5) is 32.6. The van der Waals surface area contributed by atoms with E-state index in [0.717, 1.165) is 41.8 Å². The molecule has 30 heavy (non-hydrogen) atoms. The van der Waals surface area contributed by atoms with Crippen LogP contribution in [0.3, 0.4) is 0 Å². The van der Waals surface area contributed by atoms with Crippen molar-refractivity contribution in [2.24, 2.45) is 10.9 Å². The van der Waals surface area contributed by atoms with Gasteiger partial charge in [0.15, 0.2) is 0 Å². The van der Waals surface area contributed by atoms with Gasteiger partial charge in [0.1, 0.15) is 12.3 Å². The van der Waals surface area contributed by atoms with E-state index in [2.05, 4.69) is 5.32 Å². The molecule has 1 aliphatic heterocycles. The number of carbonyl (C=O) groups excluding carboxylic acids is 2. The quantitative estimate of drug-likeness (QED) is 0.763. The number of carbonyl (C=O) groups is 2. The number of ether oxygens (including phenoxy) is 1. The lowest BCUT2D eigenvalue weighted by Gasteiger charge is -2.25. The summed E-state index contributed by atoms with van der Waals surface area (Å²) in [5.74, 6) is -0.0735. The van der Waals surface area contributed by atoms with Gasteiger partial charge in [-0.2, -0.15) is 0 Å². The lowest BCUT2D eigenvalue weighted by molar-refractivity contribution is -0.122. The van der Waals surface area contributed by atoms with Crippen LogP contribution in [0.4, 0.5) is 17.1 Å². The first-order valence-electron chi connectivity index (χ1n) is 10.0. The van der Waals surface area contributed by atoms with Gasteiger partial charge in [0.25, 0.3) is 0 Å². The standard InChI is InChI=1S/C23H24ClN3O3/c1-13-9-19-20(10-14(13)2)27(23(29)16-5-4-6-18(16)26-19)12-22(28)25-15-7-8-21(30-3)17(24)11-15/h7-11,16H,4-6,12H2,1-3H3,(H,25,28)/t16-/m1/s1. The molecule has 2 aromatic carbocycles. The van der Waals surface area contributed by atoms with Crippen LogP contribution in [-0.4, -0.2) is 31.2 Å². The number of rotatable bonds is 4. The predicted molar refractivity (Wildman–Crippen MR) is 119 cm³/mol. The molecule has 2 amide bonds. The summed E-state index contributed by atoms with van der Waals surface area (Å²) in [6.45, 7) is 3.94. The van der Waals surface area contributed by atoms with Crippen LogP contribution in [-0.2, 0) is 9.59 Å². The van der Waals surface area contributed by atoms with Crippen LogP contribution in [0.25, 0.3) is 0 Å². The molecule has 1 atom stereocenters. The number of aryl methyl sites for hydroxylation is 2. The van der Waals surface area contributed by atoms with E-state index in [4.69, 9.17) is 21.3 Å². The number of nitrogens with one attached hydrogen (secondary N) is 1. The number of nitrogens with zero attached hydrogens (tertiary/aromatic N) is 2. The highest BCUT2D eigenvalue weighted by molar-refractivity contribution is 6.32. The van der Waals surface area contributed by atoms with Gasteiger partial charge < -0.3 is 15.0 Å². The smallest absolute Gasteiger partial charge is 0.244 e. The fraction of sp³-hybridized carbons (Fsp3) is 0.348. The first kappa shape index (κ1) is 20.4. The fourth-order valence-electron chi connectivity index (χ4n) is 4.03. The van der Waals surface area contributed by atoms with Crippen molar-refractivity contribution in [3.8, 4) is 5.75 Å². The van der Waals surface area contributed by atoms with Crippen molar-refractivity contribution in [1.82, 2.24) is 0 Å². The highest BCUT2D eigenvalue weighted by Gasteiger charge is 2.37. The number of benzene rings is 2. The minimum atomic E-state index is -0.296. The van der Waals surface area contributed by atoms with Crippen LogP contribution in [0.2, 0.25) is 5.02 Å². The molecule has 2 aromatic rings. The van der Waals surface area contributed by atoms with Crippen molar-refractivity contribution in [2.75, 3.05) is 23.9 Å². The molecule has 156 valence electrons. The molecule has 1 saturated carbocycles. The maximum absolute atomic E-state index is 13.3. The molecule has 0 unspecified atom stereocenters. The lowest BCUT2D eigenvalue weighted by atomic mass is 10.0. The van der Waals surface area contributed by atoms with Crippen molar-refractivity contribution >= 4 is 46.2 Å². The van der Waals surface area contributed by atoms with Crippen LogP contribution in [0.15, 0.2) is 35.3 Å². The third-order valence-corrected chi connectivity index (χ3v) is 6.07. The molecule has 0 spiro atoms. The third kappa shape index (κ3) is 3.79. The van der Waals surface area contributed by atoms with Gasteiger partial charge in [-0.15, -0.1) is 0 Å². The highest BCUT2D eigenvalue weighted by atomic mass is 35.5. The van der Waals surface area contributed by atoms with Crippen molar-refractivity contribution in [1.29, 1.82) is 0 Å². The molecule has 0 radical (unpaired) electrons. The Bertz CT molecular complexity index is 1060. The molecule has 0 bridgehead atoms. The topological polar surface area (TPSA) is 71.0 Å². The van der Waals surface area contributed by atoms with E-state index in [1.165, 1.54) is 7.11 Å². The minimum Gasteiger partial charge on any atom is -0.495 e. The first-order chi connectivity index (χ1) is 14.4. The molecule has 1 aliphatic carbocycles. The largest absolute Gasteiger partial charge is 0.495 e. The number of hydrogen-bond donors (Lipinski definition) is 1. The third-order valence-electron chi connectivity index (χ3n) is 5.78. The van der Waals surface area contributed by atoms with E-state index in [-0.39, 0.29) is 24.3 Å². The Balaban J connectivity index is 1.63. The van der Waals surface area contributed by atoms with E-state index < -0.39 is 0 Å². The SMILES string of the molecule is COc1ccc(NC(=O)CN2C(=O)[C@@H]3CCCC3=Nc3cc(C)c(C)cc32)cc1Cl. The zero-order valence-electron chi connectivity index (χ0n) is 17.3. The summed E-state index contributed by atoms with van der Waals surface area (Å²) in [5.41, 5.74) is 5.08. The molecular weight excluding hydrogens is 402 g/mol. The van der Waals surface area contributed by atoms with E-state index in [9.17, 15) is 9.59 Å². The molecule has 2 aliphatic rings. The van der Waals surface area contributed by atoms with Crippen LogP contribution >= 0.6 is 11.6 Å². The minimum absolute atomic E-state index is 0.0591. The van der Waals surface area contributed by atoms with Crippen LogP contribution < -0.4 is 15.0 Å². The predicted octanol–water partition coefficient (Wildman–Crippen LogP) is 4.82.